The number of aliphatic hydroxyl groups excluding tert-OH is 1. The molecule has 0 aliphatic heterocycles. The molecule has 0 aromatic heterocycles. The lowest BCUT2D eigenvalue weighted by Gasteiger charge is -2.21. The van der Waals surface area contributed by atoms with Crippen LogP contribution in [0.15, 0.2) is 0 Å². The third-order valence-corrected chi connectivity index (χ3v) is 22.5. The van der Waals surface area contributed by atoms with Crippen LogP contribution >= 0.6 is 15.6 Å². The molecular formula is C88H172O17P2. The predicted octanol–water partition coefficient (Wildman–Crippen LogP) is 26.9. The number of rotatable bonds is 86. The zero-order valence-electron chi connectivity index (χ0n) is 70.6. The summed E-state index contributed by atoms with van der Waals surface area (Å²) in [6.45, 7) is 12.0. The van der Waals surface area contributed by atoms with Gasteiger partial charge < -0.3 is 33.8 Å². The number of unbranched alkanes of at least 4 members (excludes halogenated alkanes) is 54. The van der Waals surface area contributed by atoms with E-state index >= 15 is 0 Å². The lowest BCUT2D eigenvalue weighted by atomic mass is 10.0. The highest BCUT2D eigenvalue weighted by atomic mass is 31.2. The third-order valence-electron chi connectivity index (χ3n) is 20.6. The predicted molar refractivity (Wildman–Crippen MR) is 441 cm³/mol. The van der Waals surface area contributed by atoms with Crippen LogP contribution < -0.4 is 0 Å². The van der Waals surface area contributed by atoms with Crippen LogP contribution in [0.4, 0.5) is 0 Å². The Balaban J connectivity index is 5.20. The second kappa shape index (κ2) is 78.0. The topological polar surface area (TPSA) is 237 Å². The summed E-state index contributed by atoms with van der Waals surface area (Å²) in [4.78, 5) is 73.2. The Kier molecular flexibility index (Phi) is 76.6. The fraction of sp³-hybridized carbons (Fsp3) is 0.955. The first-order valence-corrected chi connectivity index (χ1v) is 48.3. The second-order valence-corrected chi connectivity index (χ2v) is 36.0. The summed E-state index contributed by atoms with van der Waals surface area (Å²) in [7, 11) is -9.93. The van der Waals surface area contributed by atoms with Crippen LogP contribution in [0, 0.1) is 17.8 Å². The van der Waals surface area contributed by atoms with Crippen molar-refractivity contribution in [2.24, 2.45) is 17.8 Å². The standard InChI is InChI=1S/C88H172O17P2/c1-8-9-10-11-12-13-14-15-16-17-18-19-20-24-27-32-37-42-47-55-62-69-85(90)98-75-83(104-87(92)71-64-57-48-43-38-33-28-25-22-21-23-26-30-35-40-45-52-59-66-79(2)3)77-102-106(94,95)100-73-82(89)74-101-107(96,97)103-78-84(76-99-86(91)70-63-56-51-50-54-61-68-81(6)7)105-88(93)72-65-58-49-44-39-34-29-31-36-41-46-53-60-67-80(4)5/h79-84,89H,8-78H2,1-7H3,(H,94,95)(H,96,97)/t82-,83-,84-/m1/s1. The zero-order chi connectivity index (χ0) is 78.6. The molecule has 0 spiro atoms. The van der Waals surface area contributed by atoms with Crippen LogP contribution in [0.3, 0.4) is 0 Å². The lowest BCUT2D eigenvalue weighted by Crippen LogP contribution is -2.30. The first-order chi connectivity index (χ1) is 51.7. The van der Waals surface area contributed by atoms with Crippen LogP contribution in [0.2, 0.25) is 0 Å². The van der Waals surface area contributed by atoms with Gasteiger partial charge in [-0.05, 0) is 43.4 Å². The zero-order valence-corrected chi connectivity index (χ0v) is 72.4. The summed E-state index contributed by atoms with van der Waals surface area (Å²) in [5, 5.41) is 10.7. The van der Waals surface area contributed by atoms with E-state index in [1.165, 1.54) is 270 Å². The Labute approximate surface area is 658 Å². The smallest absolute Gasteiger partial charge is 0.462 e. The quantitative estimate of drug-likeness (QED) is 0.0222. The fourth-order valence-corrected chi connectivity index (χ4v) is 15.3. The summed E-state index contributed by atoms with van der Waals surface area (Å²) in [5.41, 5.74) is 0. The minimum Gasteiger partial charge on any atom is -0.462 e. The van der Waals surface area contributed by atoms with Gasteiger partial charge in [-0.15, -0.1) is 0 Å². The summed E-state index contributed by atoms with van der Waals surface area (Å²) >= 11 is 0. The summed E-state index contributed by atoms with van der Waals surface area (Å²) in [6.07, 6.45) is 69.8. The molecule has 636 valence electrons. The van der Waals surface area contributed by atoms with Crippen molar-refractivity contribution in [2.75, 3.05) is 39.6 Å². The summed E-state index contributed by atoms with van der Waals surface area (Å²) < 4.78 is 68.9. The van der Waals surface area contributed by atoms with Gasteiger partial charge in [-0.3, -0.25) is 37.3 Å². The molecule has 107 heavy (non-hydrogen) atoms. The van der Waals surface area contributed by atoms with Crippen LogP contribution in [0.25, 0.3) is 0 Å². The average molecular weight is 1560 g/mol. The molecule has 2 unspecified atom stereocenters. The van der Waals surface area contributed by atoms with E-state index in [4.69, 9.17) is 37.0 Å². The second-order valence-electron chi connectivity index (χ2n) is 33.1. The van der Waals surface area contributed by atoms with E-state index in [2.05, 4.69) is 48.5 Å². The van der Waals surface area contributed by atoms with Crippen molar-refractivity contribution in [1.82, 2.24) is 0 Å². The van der Waals surface area contributed by atoms with Gasteiger partial charge in [-0.2, -0.15) is 0 Å². The number of phosphoric ester groups is 2. The van der Waals surface area contributed by atoms with Crippen LogP contribution in [0.1, 0.15) is 466 Å². The van der Waals surface area contributed by atoms with E-state index in [9.17, 15) is 43.2 Å². The third kappa shape index (κ3) is 81.9. The Morgan fingerprint density at radius 1 is 0.252 bits per heavy atom. The molecule has 0 aromatic rings. The van der Waals surface area contributed by atoms with Crippen molar-refractivity contribution in [3.63, 3.8) is 0 Å². The van der Waals surface area contributed by atoms with E-state index in [0.717, 1.165) is 108 Å². The van der Waals surface area contributed by atoms with E-state index in [1.54, 1.807) is 0 Å². The maximum Gasteiger partial charge on any atom is 0.472 e. The maximum absolute atomic E-state index is 13.2. The van der Waals surface area contributed by atoms with E-state index in [1.807, 2.05) is 0 Å². The SMILES string of the molecule is CCCCCCCCCCCCCCCCCCCCCCCC(=O)OC[C@H](COP(=O)(O)OC[C@@H](O)COP(=O)(O)OC[C@@H](COC(=O)CCCCCCCCC(C)C)OC(=O)CCCCCCCCCCCCCCCC(C)C)OC(=O)CCCCCCCCCCCCCCCCCCCCC(C)C. The molecular weight excluding hydrogens is 1390 g/mol. The van der Waals surface area contributed by atoms with Crippen LogP contribution in [0.5, 0.6) is 0 Å². The van der Waals surface area contributed by atoms with Gasteiger partial charge in [0.2, 0.25) is 0 Å². The molecule has 0 rings (SSSR count). The number of hydrogen-bond donors (Lipinski definition) is 3. The Morgan fingerprint density at radius 2 is 0.430 bits per heavy atom. The molecule has 0 aromatic carbocycles. The Morgan fingerprint density at radius 3 is 0.636 bits per heavy atom. The number of esters is 4. The van der Waals surface area contributed by atoms with Crippen molar-refractivity contribution >= 4 is 39.5 Å². The van der Waals surface area contributed by atoms with Gasteiger partial charge in [0.1, 0.15) is 19.3 Å². The molecule has 5 atom stereocenters. The highest BCUT2D eigenvalue weighted by Gasteiger charge is 2.31. The number of carbonyl (C=O) groups excluding carboxylic acids is 4. The number of phosphoric acid groups is 2. The van der Waals surface area contributed by atoms with Gasteiger partial charge in [0.05, 0.1) is 26.4 Å². The molecule has 3 N–H and O–H groups in total. The van der Waals surface area contributed by atoms with E-state index in [-0.39, 0.29) is 25.7 Å². The largest absolute Gasteiger partial charge is 0.472 e. The number of aliphatic hydroxyl groups is 1. The molecule has 0 aliphatic carbocycles. The molecule has 0 saturated heterocycles. The van der Waals surface area contributed by atoms with Crippen molar-refractivity contribution < 1.29 is 80.2 Å². The van der Waals surface area contributed by atoms with Crippen molar-refractivity contribution in [2.45, 2.75) is 484 Å². The van der Waals surface area contributed by atoms with E-state index in [0.29, 0.717) is 31.6 Å². The minimum absolute atomic E-state index is 0.106. The number of carbonyl (C=O) groups is 4. The van der Waals surface area contributed by atoms with Gasteiger partial charge in [0, 0.05) is 25.7 Å². The van der Waals surface area contributed by atoms with Crippen LogP contribution in [-0.4, -0.2) is 96.7 Å². The molecule has 0 amide bonds. The summed E-state index contributed by atoms with van der Waals surface area (Å²) in [5.74, 6) is 0.180. The molecule has 0 aliphatic rings. The molecule has 0 bridgehead atoms. The normalized spacial score (nSPS) is 13.8. The van der Waals surface area contributed by atoms with Crippen LogP contribution in [-0.2, 0) is 65.4 Å². The van der Waals surface area contributed by atoms with Crippen molar-refractivity contribution in [3.05, 3.63) is 0 Å². The monoisotopic (exact) mass is 1560 g/mol. The van der Waals surface area contributed by atoms with E-state index < -0.39 is 97.5 Å². The number of ether oxygens (including phenoxy) is 4. The van der Waals surface area contributed by atoms with Gasteiger partial charge in [0.25, 0.3) is 0 Å². The molecule has 0 heterocycles. The molecule has 0 saturated carbocycles. The molecule has 19 heteroatoms. The number of hydrogen-bond acceptors (Lipinski definition) is 15. The highest BCUT2D eigenvalue weighted by Crippen LogP contribution is 2.45. The maximum atomic E-state index is 13.2. The molecule has 0 fully saturated rings. The fourth-order valence-electron chi connectivity index (χ4n) is 13.7. The first-order valence-electron chi connectivity index (χ1n) is 45.3. The summed E-state index contributed by atoms with van der Waals surface area (Å²) in [6, 6.07) is 0. The van der Waals surface area contributed by atoms with Gasteiger partial charge in [0.15, 0.2) is 12.2 Å². The minimum atomic E-state index is -4.97. The van der Waals surface area contributed by atoms with Crippen molar-refractivity contribution in [1.29, 1.82) is 0 Å². The van der Waals surface area contributed by atoms with Gasteiger partial charge in [-0.25, -0.2) is 9.13 Å². The molecule has 17 nitrogen and oxygen atoms in total. The lowest BCUT2D eigenvalue weighted by molar-refractivity contribution is -0.161. The van der Waals surface area contributed by atoms with Gasteiger partial charge in [-0.1, -0.05) is 414 Å². The van der Waals surface area contributed by atoms with Crippen molar-refractivity contribution in [3.8, 4) is 0 Å². The molecule has 0 radical (unpaired) electrons. The highest BCUT2D eigenvalue weighted by molar-refractivity contribution is 7.47. The first kappa shape index (κ1) is 105. The average Bonchev–Trinajstić information content (AvgIpc) is 0.910. The van der Waals surface area contributed by atoms with Gasteiger partial charge >= 0.3 is 39.5 Å². The Bertz CT molecular complexity index is 2060. The Hall–Kier alpha value is -1.94.